The Kier molecular flexibility index (Phi) is 4.59. The molecular weight excluding hydrogens is 342 g/mol. The molecule has 0 saturated carbocycles. The lowest BCUT2D eigenvalue weighted by Gasteiger charge is -2.22. The Hall–Kier alpha value is -3.21. The van der Waals surface area contributed by atoms with Crippen LogP contribution in [0.1, 0.15) is 39.5 Å². The smallest absolute Gasteiger partial charge is 0.338 e. The summed E-state index contributed by atoms with van der Waals surface area (Å²) < 4.78 is 5.38. The van der Waals surface area contributed by atoms with Gasteiger partial charge in [0, 0.05) is 18.6 Å². The molecule has 2 aliphatic rings. The van der Waals surface area contributed by atoms with Crippen LogP contribution >= 0.6 is 0 Å². The molecule has 0 radical (unpaired) electrons. The zero-order valence-corrected chi connectivity index (χ0v) is 14.8. The lowest BCUT2D eigenvalue weighted by atomic mass is 10.0. The van der Waals surface area contributed by atoms with Crippen LogP contribution < -0.4 is 0 Å². The molecule has 136 valence electrons. The number of rotatable bonds is 5. The molecule has 0 bridgehead atoms. The van der Waals surface area contributed by atoms with Crippen molar-refractivity contribution in [3.8, 4) is 0 Å². The van der Waals surface area contributed by atoms with Crippen molar-refractivity contribution in [1.29, 1.82) is 0 Å². The van der Waals surface area contributed by atoms with E-state index in [0.717, 1.165) is 23.1 Å². The van der Waals surface area contributed by atoms with Crippen LogP contribution in [0.3, 0.4) is 0 Å². The largest absolute Gasteiger partial charge is 0.462 e. The maximum absolute atomic E-state index is 12.3. The van der Waals surface area contributed by atoms with E-state index in [9.17, 15) is 14.4 Å². The number of nitrogens with zero attached hydrogens (tertiary/aromatic N) is 1. The van der Waals surface area contributed by atoms with Gasteiger partial charge in [0.15, 0.2) is 0 Å². The molecule has 0 saturated heterocycles. The number of esters is 1. The van der Waals surface area contributed by atoms with Gasteiger partial charge in [0.25, 0.3) is 11.8 Å². The van der Waals surface area contributed by atoms with Gasteiger partial charge in [0.1, 0.15) is 0 Å². The number of benzene rings is 2. The molecule has 1 aliphatic heterocycles. The molecular formula is C22H19NO4. The molecule has 1 heterocycles. The van der Waals surface area contributed by atoms with Crippen LogP contribution in [-0.4, -0.2) is 29.3 Å². The molecule has 1 atom stereocenters. The summed E-state index contributed by atoms with van der Waals surface area (Å²) in [7, 11) is 0. The zero-order valence-electron chi connectivity index (χ0n) is 14.8. The number of amides is 2. The Morgan fingerprint density at radius 3 is 2.52 bits per heavy atom. The fourth-order valence-electron chi connectivity index (χ4n) is 3.70. The first-order valence-electron chi connectivity index (χ1n) is 9.02. The Morgan fingerprint density at radius 1 is 1.04 bits per heavy atom. The van der Waals surface area contributed by atoms with Crippen LogP contribution in [-0.2, 0) is 27.2 Å². The number of hydrogen-bond donors (Lipinski definition) is 0. The van der Waals surface area contributed by atoms with E-state index >= 15 is 0 Å². The lowest BCUT2D eigenvalue weighted by Crippen LogP contribution is -2.33. The summed E-state index contributed by atoms with van der Waals surface area (Å²) in [5.74, 6) is -0.906. The van der Waals surface area contributed by atoms with E-state index in [-0.39, 0.29) is 23.8 Å². The third kappa shape index (κ3) is 3.40. The summed E-state index contributed by atoms with van der Waals surface area (Å²) in [6, 6.07) is 15.0. The first-order chi connectivity index (χ1) is 13.1. The molecule has 2 amide bonds. The van der Waals surface area contributed by atoms with Crippen molar-refractivity contribution in [2.45, 2.75) is 25.3 Å². The third-order valence-corrected chi connectivity index (χ3v) is 5.05. The summed E-state index contributed by atoms with van der Waals surface area (Å²) in [4.78, 5) is 37.5. The number of imide groups is 1. The van der Waals surface area contributed by atoms with Crippen molar-refractivity contribution >= 4 is 17.8 Å². The van der Waals surface area contributed by atoms with E-state index in [1.54, 1.807) is 6.07 Å². The van der Waals surface area contributed by atoms with Gasteiger partial charge < -0.3 is 4.74 Å². The maximum atomic E-state index is 12.3. The van der Waals surface area contributed by atoms with Gasteiger partial charge in [-0.1, -0.05) is 36.4 Å². The minimum absolute atomic E-state index is 0.252. The van der Waals surface area contributed by atoms with E-state index < -0.39 is 0 Å². The van der Waals surface area contributed by atoms with Gasteiger partial charge in [-0.05, 0) is 41.7 Å². The molecule has 0 N–H and O–H groups in total. The van der Waals surface area contributed by atoms with Crippen LogP contribution in [0.4, 0.5) is 0 Å². The Labute approximate surface area is 157 Å². The fourth-order valence-corrected chi connectivity index (χ4v) is 3.70. The van der Waals surface area contributed by atoms with Crippen LogP contribution in [0.25, 0.3) is 0 Å². The second kappa shape index (κ2) is 7.19. The molecule has 0 fully saturated rings. The van der Waals surface area contributed by atoms with E-state index in [4.69, 9.17) is 4.74 Å². The molecule has 5 heteroatoms. The molecule has 0 aromatic heterocycles. The second-order valence-electron chi connectivity index (χ2n) is 6.72. The van der Waals surface area contributed by atoms with Gasteiger partial charge in [-0.2, -0.15) is 0 Å². The highest BCUT2D eigenvalue weighted by atomic mass is 16.5. The number of aryl methyl sites for hydroxylation is 1. The van der Waals surface area contributed by atoms with Gasteiger partial charge in [-0.15, -0.1) is 0 Å². The van der Waals surface area contributed by atoms with Crippen molar-refractivity contribution in [2.24, 2.45) is 0 Å². The molecule has 5 nitrogen and oxygen atoms in total. The predicted molar refractivity (Wildman–Crippen MR) is 98.9 cm³/mol. The van der Waals surface area contributed by atoms with Gasteiger partial charge in [0.2, 0.25) is 0 Å². The zero-order chi connectivity index (χ0) is 18.8. The number of ether oxygens (including phenoxy) is 1. The summed E-state index contributed by atoms with van der Waals surface area (Å²) in [5.41, 5.74) is 3.54. The van der Waals surface area contributed by atoms with Gasteiger partial charge in [0.05, 0.1) is 18.2 Å². The standard InChI is InChI=1S/C22H19NO4/c24-20-10-11-21(25)23(20)19-9-7-16-14-17(6-8-18(16)19)22(26)27-13-12-15-4-2-1-3-5-15/h1-6,8,10-11,14,19H,7,9,12-13H2/t19-/m0/s1. The fraction of sp³-hybridized carbons (Fsp3) is 0.227. The van der Waals surface area contributed by atoms with Crippen molar-refractivity contribution in [1.82, 2.24) is 4.90 Å². The minimum Gasteiger partial charge on any atom is -0.462 e. The quantitative estimate of drug-likeness (QED) is 0.607. The number of hydrogen-bond acceptors (Lipinski definition) is 4. The molecule has 27 heavy (non-hydrogen) atoms. The summed E-state index contributed by atoms with van der Waals surface area (Å²) in [6.07, 6.45) is 4.69. The molecule has 1 aliphatic carbocycles. The van der Waals surface area contributed by atoms with E-state index in [0.29, 0.717) is 25.0 Å². The second-order valence-corrected chi connectivity index (χ2v) is 6.72. The van der Waals surface area contributed by atoms with Crippen molar-refractivity contribution < 1.29 is 19.1 Å². The Bertz CT molecular complexity index is 915. The van der Waals surface area contributed by atoms with Crippen LogP contribution in [0.5, 0.6) is 0 Å². The summed E-state index contributed by atoms with van der Waals surface area (Å²) in [5, 5.41) is 0. The minimum atomic E-state index is -0.354. The molecule has 4 rings (SSSR count). The SMILES string of the molecule is O=C(OCCc1ccccc1)c1ccc2c(c1)CC[C@@H]2N1C(=O)C=CC1=O. The summed E-state index contributed by atoms with van der Waals surface area (Å²) >= 11 is 0. The van der Waals surface area contributed by atoms with Crippen molar-refractivity contribution in [2.75, 3.05) is 6.61 Å². The summed E-state index contributed by atoms with van der Waals surface area (Å²) in [6.45, 7) is 0.324. The first-order valence-corrected chi connectivity index (χ1v) is 9.02. The van der Waals surface area contributed by atoms with Crippen LogP contribution in [0.15, 0.2) is 60.7 Å². The van der Waals surface area contributed by atoms with E-state index in [1.165, 1.54) is 17.1 Å². The van der Waals surface area contributed by atoms with Crippen LogP contribution in [0, 0.1) is 0 Å². The Balaban J connectivity index is 1.42. The highest BCUT2D eigenvalue weighted by Gasteiger charge is 2.36. The molecule has 0 unspecified atom stereocenters. The van der Waals surface area contributed by atoms with Crippen molar-refractivity contribution in [3.05, 3.63) is 82.9 Å². The lowest BCUT2D eigenvalue weighted by molar-refractivity contribution is -0.139. The highest BCUT2D eigenvalue weighted by molar-refractivity contribution is 6.13. The normalized spacial score (nSPS) is 18.1. The number of fused-ring (bicyclic) bond motifs is 1. The number of carbonyl (C=O) groups is 3. The van der Waals surface area contributed by atoms with Gasteiger partial charge in [-0.3, -0.25) is 14.5 Å². The molecule has 0 spiro atoms. The van der Waals surface area contributed by atoms with Gasteiger partial charge in [-0.25, -0.2) is 4.79 Å². The number of carbonyl (C=O) groups excluding carboxylic acids is 3. The monoisotopic (exact) mass is 361 g/mol. The van der Waals surface area contributed by atoms with Gasteiger partial charge >= 0.3 is 5.97 Å². The topological polar surface area (TPSA) is 63.7 Å². The van der Waals surface area contributed by atoms with E-state index in [1.807, 2.05) is 42.5 Å². The van der Waals surface area contributed by atoms with E-state index in [2.05, 4.69) is 0 Å². The predicted octanol–water partition coefficient (Wildman–Crippen LogP) is 3.00. The molecule has 2 aromatic carbocycles. The average Bonchev–Trinajstić information content (AvgIpc) is 3.24. The highest BCUT2D eigenvalue weighted by Crippen LogP contribution is 2.37. The third-order valence-electron chi connectivity index (χ3n) is 5.05. The first kappa shape index (κ1) is 17.2. The average molecular weight is 361 g/mol. The Morgan fingerprint density at radius 2 is 1.78 bits per heavy atom. The maximum Gasteiger partial charge on any atom is 0.338 e. The molecule has 2 aromatic rings. The van der Waals surface area contributed by atoms with Crippen LogP contribution in [0.2, 0.25) is 0 Å². The van der Waals surface area contributed by atoms with Crippen molar-refractivity contribution in [3.63, 3.8) is 0 Å².